The fraction of sp³-hybridized carbons (Fsp3) is 0.455. The van der Waals surface area contributed by atoms with Crippen LogP contribution in [-0.2, 0) is 10.0 Å². The predicted octanol–water partition coefficient (Wildman–Crippen LogP) is 1.52. The highest BCUT2D eigenvalue weighted by molar-refractivity contribution is 7.89. The van der Waals surface area contributed by atoms with E-state index in [0.717, 1.165) is 15.3 Å². The van der Waals surface area contributed by atoms with E-state index in [1.807, 2.05) is 0 Å². The van der Waals surface area contributed by atoms with Crippen LogP contribution in [0.2, 0.25) is 0 Å². The van der Waals surface area contributed by atoms with Gasteiger partial charge in [0, 0.05) is 21.1 Å². The normalized spacial score (nSPS) is 12.8. The topological polar surface area (TPSA) is 66.6 Å². The molecule has 20 heavy (non-hydrogen) atoms. The summed E-state index contributed by atoms with van der Waals surface area (Å²) < 4.78 is 62.0. The number of alkyl halides is 3. The molecular weight excluding hydrogens is 295 g/mol. The van der Waals surface area contributed by atoms with Crippen molar-refractivity contribution < 1.29 is 21.6 Å². The molecule has 0 saturated heterocycles. The van der Waals surface area contributed by atoms with E-state index in [4.69, 9.17) is 5.73 Å². The minimum atomic E-state index is -4.41. The zero-order valence-corrected chi connectivity index (χ0v) is 12.1. The van der Waals surface area contributed by atoms with Gasteiger partial charge in [0.05, 0.1) is 16.3 Å². The number of halogens is 3. The van der Waals surface area contributed by atoms with Crippen LogP contribution in [0.15, 0.2) is 23.1 Å². The first-order chi connectivity index (χ1) is 8.95. The van der Waals surface area contributed by atoms with Crippen molar-refractivity contribution in [3.05, 3.63) is 18.2 Å². The minimum Gasteiger partial charge on any atom is -0.397 e. The quantitative estimate of drug-likeness (QED) is 0.856. The summed E-state index contributed by atoms with van der Waals surface area (Å²) in [5, 5.41) is 0. The molecule has 1 aromatic carbocycles. The summed E-state index contributed by atoms with van der Waals surface area (Å²) in [5.41, 5.74) is 5.71. The Morgan fingerprint density at radius 3 is 2.20 bits per heavy atom. The molecule has 0 bridgehead atoms. The Bertz CT molecular complexity index is 585. The van der Waals surface area contributed by atoms with E-state index in [9.17, 15) is 21.6 Å². The molecule has 0 amide bonds. The molecule has 114 valence electrons. The average Bonchev–Trinajstić information content (AvgIpc) is 2.26. The Balaban J connectivity index is 3.23. The molecule has 0 atom stereocenters. The summed E-state index contributed by atoms with van der Waals surface area (Å²) >= 11 is 0. The molecule has 0 heterocycles. The molecule has 1 rings (SSSR count). The lowest BCUT2D eigenvalue weighted by Gasteiger charge is -2.23. The van der Waals surface area contributed by atoms with Crippen LogP contribution in [0.4, 0.5) is 24.5 Å². The molecule has 1 aromatic rings. The molecule has 2 N–H and O–H groups in total. The zero-order chi connectivity index (χ0) is 15.7. The number of benzene rings is 1. The van der Waals surface area contributed by atoms with E-state index in [1.165, 1.54) is 33.3 Å². The molecule has 5 nitrogen and oxygen atoms in total. The van der Waals surface area contributed by atoms with E-state index in [-0.39, 0.29) is 16.3 Å². The van der Waals surface area contributed by atoms with E-state index >= 15 is 0 Å². The molecule has 0 aliphatic heterocycles. The number of nitrogens with two attached hydrogens (primary N) is 1. The fourth-order valence-electron chi connectivity index (χ4n) is 1.58. The lowest BCUT2D eigenvalue weighted by Crippen LogP contribution is -2.31. The molecule has 0 aliphatic carbocycles. The van der Waals surface area contributed by atoms with E-state index in [0.29, 0.717) is 0 Å². The van der Waals surface area contributed by atoms with Crippen LogP contribution in [-0.4, -0.2) is 46.6 Å². The summed E-state index contributed by atoms with van der Waals surface area (Å²) in [4.78, 5) is 0.755. The Labute approximate surface area is 115 Å². The molecule has 0 spiro atoms. The van der Waals surface area contributed by atoms with E-state index in [2.05, 4.69) is 0 Å². The van der Waals surface area contributed by atoms with E-state index in [1.54, 1.807) is 0 Å². The summed E-state index contributed by atoms with van der Waals surface area (Å²) in [6.07, 6.45) is -4.41. The van der Waals surface area contributed by atoms with Crippen LogP contribution in [0, 0.1) is 0 Å². The van der Waals surface area contributed by atoms with Crippen molar-refractivity contribution >= 4 is 21.4 Å². The zero-order valence-electron chi connectivity index (χ0n) is 11.3. The Hall–Kier alpha value is -1.48. The van der Waals surface area contributed by atoms with Gasteiger partial charge in [0.15, 0.2) is 0 Å². The van der Waals surface area contributed by atoms with Crippen molar-refractivity contribution in [2.75, 3.05) is 38.3 Å². The molecule has 0 aliphatic rings. The second kappa shape index (κ2) is 5.49. The Morgan fingerprint density at radius 1 is 1.20 bits per heavy atom. The summed E-state index contributed by atoms with van der Waals surface area (Å²) in [6.45, 7) is -1.22. The van der Waals surface area contributed by atoms with Crippen LogP contribution < -0.4 is 10.6 Å². The molecule has 0 fully saturated rings. The third kappa shape index (κ3) is 3.76. The van der Waals surface area contributed by atoms with Gasteiger partial charge in [-0.1, -0.05) is 0 Å². The smallest absolute Gasteiger partial charge is 0.397 e. The highest BCUT2D eigenvalue weighted by atomic mass is 32.2. The summed E-state index contributed by atoms with van der Waals surface area (Å²) in [7, 11) is 0.152. The fourth-order valence-corrected chi connectivity index (χ4v) is 2.50. The number of hydrogen-bond donors (Lipinski definition) is 1. The SMILES string of the molecule is CN(CC(F)(F)F)c1cc(S(=O)(=O)N(C)C)ccc1N. The molecule has 0 saturated carbocycles. The van der Waals surface area contributed by atoms with Gasteiger partial charge < -0.3 is 10.6 Å². The highest BCUT2D eigenvalue weighted by Crippen LogP contribution is 2.29. The number of nitrogens with zero attached hydrogens (tertiary/aromatic N) is 2. The number of rotatable bonds is 4. The number of hydrogen-bond acceptors (Lipinski definition) is 4. The minimum absolute atomic E-state index is 0.0188. The largest absolute Gasteiger partial charge is 0.405 e. The van der Waals surface area contributed by atoms with Crippen molar-refractivity contribution in [1.29, 1.82) is 0 Å². The number of sulfonamides is 1. The van der Waals surface area contributed by atoms with Gasteiger partial charge in [0.1, 0.15) is 6.54 Å². The average molecular weight is 311 g/mol. The van der Waals surface area contributed by atoms with Crippen molar-refractivity contribution in [3.63, 3.8) is 0 Å². The molecular formula is C11H16F3N3O2S. The third-order valence-corrected chi connectivity index (χ3v) is 4.42. The van der Waals surface area contributed by atoms with Crippen LogP contribution in [0.25, 0.3) is 0 Å². The lowest BCUT2D eigenvalue weighted by atomic mass is 10.2. The standard InChI is InChI=1S/C11H16F3N3O2S/c1-16(2)20(18,19)8-4-5-9(15)10(6-8)17(3)7-11(12,13)14/h4-6H,7,15H2,1-3H3. The van der Waals surface area contributed by atoms with Crippen molar-refractivity contribution in [2.24, 2.45) is 0 Å². The molecule has 0 radical (unpaired) electrons. The first-order valence-electron chi connectivity index (χ1n) is 5.55. The van der Waals surface area contributed by atoms with Gasteiger partial charge in [0.2, 0.25) is 10.0 Å². The van der Waals surface area contributed by atoms with Crippen molar-refractivity contribution in [1.82, 2.24) is 4.31 Å². The number of anilines is 2. The second-order valence-corrected chi connectivity index (χ2v) is 6.63. The second-order valence-electron chi connectivity index (χ2n) is 4.48. The van der Waals surface area contributed by atoms with Crippen LogP contribution in [0.3, 0.4) is 0 Å². The third-order valence-electron chi connectivity index (χ3n) is 2.61. The summed E-state index contributed by atoms with van der Waals surface area (Å²) in [5.74, 6) is 0. The molecule has 0 unspecified atom stereocenters. The van der Waals surface area contributed by atoms with Gasteiger partial charge in [0.25, 0.3) is 0 Å². The van der Waals surface area contributed by atoms with Gasteiger partial charge in [-0.3, -0.25) is 0 Å². The van der Waals surface area contributed by atoms with Gasteiger partial charge in [-0.15, -0.1) is 0 Å². The first kappa shape index (κ1) is 16.6. The monoisotopic (exact) mass is 311 g/mol. The van der Waals surface area contributed by atoms with Gasteiger partial charge in [-0.2, -0.15) is 13.2 Å². The maximum Gasteiger partial charge on any atom is 0.405 e. The first-order valence-corrected chi connectivity index (χ1v) is 6.99. The Kier molecular flexibility index (Phi) is 4.55. The number of nitrogen functional groups attached to an aromatic ring is 1. The van der Waals surface area contributed by atoms with E-state index < -0.39 is 22.7 Å². The van der Waals surface area contributed by atoms with Crippen molar-refractivity contribution in [3.8, 4) is 0 Å². The maximum absolute atomic E-state index is 12.4. The maximum atomic E-state index is 12.4. The van der Waals surface area contributed by atoms with Gasteiger partial charge in [-0.25, -0.2) is 12.7 Å². The van der Waals surface area contributed by atoms with Crippen LogP contribution >= 0.6 is 0 Å². The molecule has 0 aromatic heterocycles. The Morgan fingerprint density at radius 2 is 1.75 bits per heavy atom. The van der Waals surface area contributed by atoms with Crippen molar-refractivity contribution in [2.45, 2.75) is 11.1 Å². The van der Waals surface area contributed by atoms with Gasteiger partial charge in [-0.05, 0) is 18.2 Å². The van der Waals surface area contributed by atoms with Gasteiger partial charge >= 0.3 is 6.18 Å². The van der Waals surface area contributed by atoms with Crippen LogP contribution in [0.1, 0.15) is 0 Å². The van der Waals surface area contributed by atoms with Crippen LogP contribution in [0.5, 0.6) is 0 Å². The lowest BCUT2D eigenvalue weighted by molar-refractivity contribution is -0.119. The summed E-state index contributed by atoms with van der Waals surface area (Å²) in [6, 6.07) is 3.67. The highest BCUT2D eigenvalue weighted by Gasteiger charge is 2.30. The predicted molar refractivity (Wildman–Crippen MR) is 71.1 cm³/mol. The molecule has 9 heteroatoms.